The van der Waals surface area contributed by atoms with E-state index in [1.807, 2.05) is 13.0 Å². The fourth-order valence-corrected chi connectivity index (χ4v) is 1.91. The van der Waals surface area contributed by atoms with Crippen LogP contribution in [0.4, 0.5) is 0 Å². The summed E-state index contributed by atoms with van der Waals surface area (Å²) in [5.41, 5.74) is 3.74. The van der Waals surface area contributed by atoms with Crippen LogP contribution >= 0.6 is 0 Å². The fourth-order valence-electron chi connectivity index (χ4n) is 1.91. The van der Waals surface area contributed by atoms with E-state index < -0.39 is 0 Å². The number of aryl methyl sites for hydroxylation is 2. The Kier molecular flexibility index (Phi) is 5.82. The Morgan fingerprint density at radius 2 is 1.82 bits per heavy atom. The maximum Gasteiger partial charge on any atom is 0.122 e. The van der Waals surface area contributed by atoms with Gasteiger partial charge in [0.25, 0.3) is 0 Å². The van der Waals surface area contributed by atoms with Crippen molar-refractivity contribution >= 4 is 5.76 Å². The van der Waals surface area contributed by atoms with Crippen LogP contribution in [0.3, 0.4) is 0 Å². The van der Waals surface area contributed by atoms with Crippen molar-refractivity contribution in [2.24, 2.45) is 0 Å². The van der Waals surface area contributed by atoms with Gasteiger partial charge < -0.3 is 4.74 Å². The molecule has 0 spiro atoms. The third-order valence-corrected chi connectivity index (χ3v) is 2.67. The molecule has 93 valence electrons. The van der Waals surface area contributed by atoms with Gasteiger partial charge in [0, 0.05) is 5.56 Å². The molecule has 0 aromatic heterocycles. The summed E-state index contributed by atoms with van der Waals surface area (Å²) in [6, 6.07) is 6.52. The number of hydrogen-bond acceptors (Lipinski definition) is 1. The van der Waals surface area contributed by atoms with Gasteiger partial charge in [0.2, 0.25) is 0 Å². The summed E-state index contributed by atoms with van der Waals surface area (Å²) in [6.45, 7) is 10.9. The first-order valence-corrected chi connectivity index (χ1v) is 6.34. The van der Waals surface area contributed by atoms with Crippen molar-refractivity contribution in [2.75, 3.05) is 6.61 Å². The molecular formula is C16H23O. The van der Waals surface area contributed by atoms with Gasteiger partial charge in [-0.15, -0.1) is 0 Å². The minimum Gasteiger partial charge on any atom is -0.493 e. The molecule has 0 saturated heterocycles. The van der Waals surface area contributed by atoms with Crippen LogP contribution in [0.2, 0.25) is 0 Å². The first-order valence-electron chi connectivity index (χ1n) is 6.34. The van der Waals surface area contributed by atoms with Crippen molar-refractivity contribution in [3.8, 4) is 0 Å². The van der Waals surface area contributed by atoms with E-state index in [4.69, 9.17) is 4.74 Å². The topological polar surface area (TPSA) is 9.23 Å². The average Bonchev–Trinajstić information content (AvgIpc) is 2.28. The zero-order valence-electron chi connectivity index (χ0n) is 11.3. The molecule has 17 heavy (non-hydrogen) atoms. The molecule has 0 aliphatic rings. The Bertz CT molecular complexity index is 357. The summed E-state index contributed by atoms with van der Waals surface area (Å²) < 4.78 is 5.82. The molecule has 0 atom stereocenters. The Labute approximate surface area is 106 Å². The molecule has 0 fully saturated rings. The zero-order chi connectivity index (χ0) is 12.7. The molecule has 0 unspecified atom stereocenters. The Morgan fingerprint density at radius 1 is 1.18 bits per heavy atom. The molecule has 0 heterocycles. The van der Waals surface area contributed by atoms with Crippen molar-refractivity contribution in [1.82, 2.24) is 0 Å². The molecule has 1 aromatic rings. The largest absolute Gasteiger partial charge is 0.493 e. The molecular weight excluding hydrogens is 208 g/mol. The predicted molar refractivity (Wildman–Crippen MR) is 74.7 cm³/mol. The molecule has 1 heteroatoms. The van der Waals surface area contributed by atoms with Gasteiger partial charge in [0.15, 0.2) is 0 Å². The normalized spacial score (nSPS) is 11.6. The monoisotopic (exact) mass is 231 g/mol. The summed E-state index contributed by atoms with van der Waals surface area (Å²) in [6.07, 6.45) is 5.23. The van der Waals surface area contributed by atoms with Crippen LogP contribution in [0.15, 0.2) is 24.3 Å². The van der Waals surface area contributed by atoms with Crippen LogP contribution in [-0.2, 0) is 4.74 Å². The second-order valence-electron chi connectivity index (χ2n) is 4.44. The Hall–Kier alpha value is -1.24. The van der Waals surface area contributed by atoms with Crippen molar-refractivity contribution in [1.29, 1.82) is 0 Å². The molecule has 1 radical (unpaired) electrons. The highest BCUT2D eigenvalue weighted by atomic mass is 16.5. The molecule has 1 rings (SSSR count). The SMILES string of the molecule is [CH2]CCCCOC(=CC)c1cc(C)cc(C)c1. The predicted octanol–water partition coefficient (Wildman–Crippen LogP) is 4.69. The van der Waals surface area contributed by atoms with Gasteiger partial charge in [0.1, 0.15) is 5.76 Å². The highest BCUT2D eigenvalue weighted by Gasteiger charge is 2.03. The Morgan fingerprint density at radius 3 is 2.35 bits per heavy atom. The van der Waals surface area contributed by atoms with Crippen LogP contribution in [0, 0.1) is 20.8 Å². The van der Waals surface area contributed by atoms with Gasteiger partial charge in [-0.25, -0.2) is 0 Å². The van der Waals surface area contributed by atoms with Crippen LogP contribution in [0.1, 0.15) is 42.9 Å². The van der Waals surface area contributed by atoms with E-state index in [0.717, 1.165) is 31.6 Å². The second-order valence-corrected chi connectivity index (χ2v) is 4.44. The maximum absolute atomic E-state index is 5.82. The highest BCUT2D eigenvalue weighted by molar-refractivity contribution is 5.61. The number of rotatable bonds is 6. The summed E-state index contributed by atoms with van der Waals surface area (Å²) in [7, 11) is 0. The van der Waals surface area contributed by atoms with E-state index in [9.17, 15) is 0 Å². The lowest BCUT2D eigenvalue weighted by atomic mass is 10.1. The van der Waals surface area contributed by atoms with Crippen molar-refractivity contribution < 1.29 is 4.74 Å². The first-order chi connectivity index (χ1) is 8.17. The third kappa shape index (κ3) is 4.64. The number of hydrogen-bond donors (Lipinski definition) is 0. The minimum absolute atomic E-state index is 0.780. The van der Waals surface area contributed by atoms with Gasteiger partial charge in [-0.3, -0.25) is 0 Å². The van der Waals surface area contributed by atoms with Crippen LogP contribution < -0.4 is 0 Å². The quantitative estimate of drug-likeness (QED) is 0.510. The molecule has 1 nitrogen and oxygen atoms in total. The van der Waals surface area contributed by atoms with E-state index in [1.54, 1.807) is 0 Å². The maximum atomic E-state index is 5.82. The van der Waals surface area contributed by atoms with Gasteiger partial charge in [-0.05, 0) is 45.4 Å². The standard InChI is InChI=1S/C16H23O/c1-5-7-8-9-17-16(6-2)15-11-13(3)10-14(4)12-15/h6,10-12H,1,5,7-9H2,2-4H3. The molecule has 1 aromatic carbocycles. The fraction of sp³-hybridized carbons (Fsp3) is 0.438. The smallest absolute Gasteiger partial charge is 0.122 e. The lowest BCUT2D eigenvalue weighted by Crippen LogP contribution is -1.96. The summed E-state index contributed by atoms with van der Waals surface area (Å²) >= 11 is 0. The number of allylic oxidation sites excluding steroid dienone is 1. The van der Waals surface area contributed by atoms with Crippen molar-refractivity contribution in [2.45, 2.75) is 40.0 Å². The van der Waals surface area contributed by atoms with Gasteiger partial charge in [-0.1, -0.05) is 37.0 Å². The van der Waals surface area contributed by atoms with Crippen LogP contribution in [-0.4, -0.2) is 6.61 Å². The van der Waals surface area contributed by atoms with E-state index in [2.05, 4.69) is 39.0 Å². The highest BCUT2D eigenvalue weighted by Crippen LogP contribution is 2.19. The zero-order valence-corrected chi connectivity index (χ0v) is 11.3. The third-order valence-electron chi connectivity index (χ3n) is 2.67. The average molecular weight is 231 g/mol. The molecule has 0 bridgehead atoms. The number of ether oxygens (including phenoxy) is 1. The summed E-state index contributed by atoms with van der Waals surface area (Å²) in [5, 5.41) is 0. The van der Waals surface area contributed by atoms with Crippen molar-refractivity contribution in [3.05, 3.63) is 47.9 Å². The van der Waals surface area contributed by atoms with Gasteiger partial charge >= 0.3 is 0 Å². The molecule has 0 aliphatic heterocycles. The van der Waals surface area contributed by atoms with E-state index >= 15 is 0 Å². The lowest BCUT2D eigenvalue weighted by molar-refractivity contribution is 0.268. The first kappa shape index (κ1) is 13.8. The number of unbranched alkanes of at least 4 members (excludes halogenated alkanes) is 2. The van der Waals surface area contributed by atoms with E-state index in [0.29, 0.717) is 0 Å². The minimum atomic E-state index is 0.780. The van der Waals surface area contributed by atoms with Gasteiger partial charge in [-0.2, -0.15) is 0 Å². The Balaban J connectivity index is 2.67. The molecule has 0 amide bonds. The van der Waals surface area contributed by atoms with Crippen molar-refractivity contribution in [3.63, 3.8) is 0 Å². The second kappa shape index (κ2) is 7.16. The number of benzene rings is 1. The van der Waals surface area contributed by atoms with E-state index in [1.165, 1.54) is 16.7 Å². The van der Waals surface area contributed by atoms with Crippen LogP contribution in [0.5, 0.6) is 0 Å². The van der Waals surface area contributed by atoms with E-state index in [-0.39, 0.29) is 0 Å². The molecule has 0 N–H and O–H groups in total. The molecule has 0 saturated carbocycles. The lowest BCUT2D eigenvalue weighted by Gasteiger charge is -2.11. The summed E-state index contributed by atoms with van der Waals surface area (Å²) in [4.78, 5) is 0. The van der Waals surface area contributed by atoms with Crippen LogP contribution in [0.25, 0.3) is 5.76 Å². The molecule has 0 aliphatic carbocycles. The summed E-state index contributed by atoms with van der Waals surface area (Å²) in [5.74, 6) is 0.987. The van der Waals surface area contributed by atoms with Gasteiger partial charge in [0.05, 0.1) is 6.61 Å².